The first-order chi connectivity index (χ1) is 56.9. The Morgan fingerprint density at radius 3 is 1.32 bits per heavy atom. The molecule has 2 N–H and O–H groups in total. The third-order valence-electron chi connectivity index (χ3n) is 19.2. The summed E-state index contributed by atoms with van der Waals surface area (Å²) in [5, 5.41) is 5.63. The van der Waals surface area contributed by atoms with E-state index in [4.69, 9.17) is 102 Å². The lowest BCUT2D eigenvalue weighted by molar-refractivity contribution is -0.142. The molecule has 0 bridgehead atoms. The molecule has 3 aliphatic rings. The van der Waals surface area contributed by atoms with Crippen LogP contribution < -0.4 is 15.5 Å². The Morgan fingerprint density at radius 1 is 0.479 bits per heavy atom. The summed E-state index contributed by atoms with van der Waals surface area (Å²) in [4.78, 5) is 132. The first-order valence-electron chi connectivity index (χ1n) is 36.3. The van der Waals surface area contributed by atoms with Crippen molar-refractivity contribution in [2.75, 3.05) is 76.4 Å². The molecule has 0 saturated carbocycles. The normalized spacial score (nSPS) is 22.0. The lowest BCUT2D eigenvalue weighted by atomic mass is 10.0. The van der Waals surface area contributed by atoms with Gasteiger partial charge in [-0.15, -0.1) is 0 Å². The first kappa shape index (κ1) is 82.2. The minimum Gasteiger partial charge on any atom is -0.469 e. The molecule has 3 fully saturated rings. The summed E-state index contributed by atoms with van der Waals surface area (Å²) in [5.41, 5.74) is 1.83. The number of hydrogen-bond donors (Lipinski definition) is 2. The maximum Gasteiger partial charge on any atom is 0.338 e. The molecule has 14 atom stereocenters. The van der Waals surface area contributed by atoms with Gasteiger partial charge in [0.25, 0.3) is 23.6 Å². The topological polar surface area (TPSA) is 389 Å². The Labute approximate surface area is 677 Å². The Kier molecular flexibility index (Phi) is 26.2. The van der Waals surface area contributed by atoms with Crippen LogP contribution in [0.4, 0.5) is 17.5 Å². The van der Waals surface area contributed by atoms with Crippen LogP contribution in [0, 0.1) is 19.1 Å². The van der Waals surface area contributed by atoms with Crippen LogP contribution in [-0.4, -0.2) is 204 Å². The maximum absolute atomic E-state index is 14.6. The Morgan fingerprint density at radius 2 is 0.872 bits per heavy atom. The lowest BCUT2D eigenvalue weighted by Crippen LogP contribution is -2.38. The summed E-state index contributed by atoms with van der Waals surface area (Å²) < 4.78 is 89.3. The first-order valence-corrected chi connectivity index (χ1v) is 41.4. The van der Waals surface area contributed by atoms with Gasteiger partial charge in [0.15, 0.2) is 75.7 Å². The number of carbonyl (C=O) groups excluding carboxylic acids is 6. The largest absolute Gasteiger partial charge is 0.469 e. The number of carbonyl (C=O) groups is 6. The van der Waals surface area contributed by atoms with Crippen molar-refractivity contribution in [3.8, 4) is 0 Å². The van der Waals surface area contributed by atoms with Gasteiger partial charge in [-0.2, -0.15) is 0 Å². The number of aromatic nitrogens is 12. The van der Waals surface area contributed by atoms with Crippen LogP contribution in [0.15, 0.2) is 190 Å². The van der Waals surface area contributed by atoms with Crippen LogP contribution in [0.3, 0.4) is 0 Å². The maximum atomic E-state index is 14.6. The summed E-state index contributed by atoms with van der Waals surface area (Å²) in [7, 11) is 4.02. The van der Waals surface area contributed by atoms with Gasteiger partial charge < -0.3 is 71.6 Å². The van der Waals surface area contributed by atoms with Crippen LogP contribution in [0.25, 0.3) is 43.2 Å². The molecule has 9 heterocycles. The van der Waals surface area contributed by atoms with E-state index in [9.17, 15) is 28.8 Å². The molecule has 117 heavy (non-hydrogen) atoms. The molecule has 14 rings (SSSR count). The van der Waals surface area contributed by atoms with Crippen molar-refractivity contribution in [3.63, 3.8) is 0 Å². The predicted molar refractivity (Wildman–Crippen MR) is 423 cm³/mol. The number of esters is 2. The summed E-state index contributed by atoms with van der Waals surface area (Å²) in [5.74, 6) is -4.53. The molecule has 2 unspecified atom stereocenters. The lowest BCUT2D eigenvalue weighted by Gasteiger charge is -2.31. The number of benzene rings is 5. The summed E-state index contributed by atoms with van der Waals surface area (Å²) in [6.45, 7) is 6.63. The van der Waals surface area contributed by atoms with Gasteiger partial charge in [-0.3, -0.25) is 46.7 Å². The summed E-state index contributed by atoms with van der Waals surface area (Å²) >= 11 is 12.8. The zero-order valence-electron chi connectivity index (χ0n) is 62.7. The molecule has 5 aromatic carbocycles. The van der Waals surface area contributed by atoms with Crippen LogP contribution >= 0.6 is 13.4 Å². The highest BCUT2D eigenvalue weighted by molar-refractivity contribution is 8.07. The van der Waals surface area contributed by atoms with Gasteiger partial charge in [0.05, 0.1) is 57.1 Å². The van der Waals surface area contributed by atoms with Crippen molar-refractivity contribution in [1.82, 2.24) is 58.6 Å². The van der Waals surface area contributed by atoms with E-state index in [0.717, 1.165) is 11.2 Å². The molecule has 602 valence electrons. The van der Waals surface area contributed by atoms with E-state index in [1.54, 1.807) is 159 Å². The molecule has 0 spiro atoms. The fourth-order valence-electron chi connectivity index (χ4n) is 13.5. The zero-order valence-corrected chi connectivity index (χ0v) is 66.1. The van der Waals surface area contributed by atoms with E-state index < -0.39 is 136 Å². The number of anilines is 3. The van der Waals surface area contributed by atoms with Crippen molar-refractivity contribution >= 4 is 124 Å². The number of fused-ring (bicyclic) bond motifs is 3. The number of imide groups is 1. The highest BCUT2D eigenvalue weighted by Gasteiger charge is 2.55. The third-order valence-corrected chi connectivity index (χ3v) is 23.9. The van der Waals surface area contributed by atoms with Crippen LogP contribution in [-0.2, 0) is 88.7 Å². The minimum atomic E-state index is -4.33. The molecule has 40 heteroatoms. The Balaban J connectivity index is 0.794. The fourth-order valence-corrected chi connectivity index (χ4v) is 17.6. The quantitative estimate of drug-likeness (QED) is 0.0127. The van der Waals surface area contributed by atoms with Crippen molar-refractivity contribution in [2.45, 2.75) is 87.3 Å². The SMILES string of the molecule is [C-]#[N+]CCOP(=S)(OC[C@H]1O[C@@H](n2cnc3c(NC(=O)c4ccccc4)ncnc32)[C@H](OP(=S)(OCC[N+]#[C-])OC[C@H]2O[C@@H](n3cnc4c(N(C(=O)c5ccccc5)C(=O)c5ccccc5)ncnc43)[C@H](OC(=O)c3ccccc3)[C@@H]2C)[C@@H]1OC)O[C@@H]1[C@H](OC)[C@@H](CCC(=O)OC)O[C@H]1n1cnc2c(NC(=O)c3ccccc3)ncnc21. The predicted octanol–water partition coefficient (Wildman–Crippen LogP) is 10.2. The smallest absolute Gasteiger partial charge is 0.338 e. The van der Waals surface area contributed by atoms with Crippen molar-refractivity contribution in [1.29, 1.82) is 0 Å². The number of nitrogens with one attached hydrogen (secondary N) is 2. The molecular weight excluding hydrogens is 1590 g/mol. The molecule has 3 aliphatic heterocycles. The monoisotopic (exact) mass is 1670 g/mol. The highest BCUT2D eigenvalue weighted by Crippen LogP contribution is 2.58. The minimum absolute atomic E-state index is 0.000287. The molecule has 11 aromatic rings. The van der Waals surface area contributed by atoms with Gasteiger partial charge >= 0.3 is 25.4 Å². The van der Waals surface area contributed by atoms with E-state index in [2.05, 4.69) is 60.2 Å². The standard InChI is InChI=1S/C77H73N17O19P2S2/c1-46-53(109-74(59(46)111-77(100)51-30-20-11-21-31-51)93-45-88-58-68(93)84-42-85-69(58)94(72(98)49-26-16-9-17-27-49)73(99)50-28-18-10-19-29-50)38-106-114(116,104-36-34-78-2)113-63-61(103-6)54(110-76(63)92-44-87-57-65(81-41-83-67(57)92)90-71(97)48-24-14-8-15-25-48)39-107-115(117,105-37-35-79-3)112-62-60(102-5)52(32-33-55(95)101-4)108-75(62)91-43-86-56-64(80-40-82-66(56)91)89-70(96)47-22-12-7-13-23-47/h7-31,40-46,52-54,59-63,74-76H,32-39H2,1,4-6H3,(H,80,82,89,96)(H,81,83,90,97)/t46-,52-,53-,54-,59-,60-,61-,62-,63-,74-,75-,76-,114?,115?/m1/s1. The van der Waals surface area contributed by atoms with Gasteiger partial charge in [-0.25, -0.2) is 67.7 Å². The van der Waals surface area contributed by atoms with E-state index >= 15 is 0 Å². The molecule has 0 radical (unpaired) electrons. The summed E-state index contributed by atoms with van der Waals surface area (Å²) in [6.07, 6.45) is -5.77. The number of nitrogens with zero attached hydrogens (tertiary/aromatic N) is 15. The van der Waals surface area contributed by atoms with Gasteiger partial charge in [-0.05, 0) is 90.7 Å². The van der Waals surface area contributed by atoms with Crippen LogP contribution in [0.2, 0.25) is 0 Å². The van der Waals surface area contributed by atoms with E-state index in [1.165, 1.54) is 66.7 Å². The third kappa shape index (κ3) is 18.1. The van der Waals surface area contributed by atoms with Crippen molar-refractivity contribution in [3.05, 3.63) is 240 Å². The van der Waals surface area contributed by atoms with Crippen LogP contribution in [0.1, 0.15) is 90.2 Å². The summed E-state index contributed by atoms with van der Waals surface area (Å²) in [6, 6.07) is 41.5. The van der Waals surface area contributed by atoms with E-state index in [1.807, 2.05) is 0 Å². The number of imidazole rings is 3. The molecule has 0 aliphatic carbocycles. The van der Waals surface area contributed by atoms with E-state index in [-0.39, 0.29) is 107 Å². The van der Waals surface area contributed by atoms with Gasteiger partial charge in [-0.1, -0.05) is 97.9 Å². The molecule has 3 saturated heterocycles. The molecule has 36 nitrogen and oxygen atoms in total. The van der Waals surface area contributed by atoms with Crippen molar-refractivity contribution < 1.29 is 89.1 Å². The van der Waals surface area contributed by atoms with Gasteiger partial charge in [0.1, 0.15) is 62.7 Å². The van der Waals surface area contributed by atoms with Gasteiger partial charge in [0.2, 0.25) is 13.1 Å². The van der Waals surface area contributed by atoms with Crippen LogP contribution in [0.5, 0.6) is 0 Å². The zero-order chi connectivity index (χ0) is 81.7. The number of amides is 4. The Hall–Kier alpha value is -11.4. The number of hydrogen-bond acceptors (Lipinski definition) is 30. The highest BCUT2D eigenvalue weighted by atomic mass is 32.5. The average molecular weight is 1670 g/mol. The van der Waals surface area contributed by atoms with Crippen molar-refractivity contribution in [2.24, 2.45) is 5.92 Å². The molecule has 4 amide bonds. The Bertz CT molecular complexity index is 5550. The molecular formula is C77H73N17O19P2S2. The van der Waals surface area contributed by atoms with E-state index in [0.29, 0.717) is 11.1 Å². The fraction of sp³-hybridized carbons (Fsp3) is 0.312. The molecule has 6 aromatic heterocycles. The number of rotatable bonds is 33. The second-order valence-corrected chi connectivity index (χ2v) is 32.2. The second kappa shape index (κ2) is 37.3. The average Bonchev–Trinajstić information content (AvgIpc) is 1.62. The number of ether oxygens (including phenoxy) is 7. The number of methoxy groups -OCH3 is 3. The second-order valence-electron chi connectivity index (χ2n) is 26.3. The van der Waals surface area contributed by atoms with Gasteiger partial charge in [0, 0.05) is 48.8 Å².